The molecule has 5 N–H and O–H groups in total. The fourth-order valence-corrected chi connectivity index (χ4v) is 3.44. The fraction of sp³-hybridized carbons (Fsp3) is 0.150. The zero-order chi connectivity index (χ0) is 23.5. The van der Waals surface area contributed by atoms with E-state index in [0.717, 1.165) is 6.07 Å². The molecule has 3 rings (SSSR count). The van der Waals surface area contributed by atoms with Crippen LogP contribution in [-0.2, 0) is 27.0 Å². The van der Waals surface area contributed by atoms with Crippen LogP contribution in [0, 0.1) is 0 Å². The first kappa shape index (κ1) is 23.0. The summed E-state index contributed by atoms with van der Waals surface area (Å²) in [4.78, 5) is 53.5. The quantitative estimate of drug-likeness (QED) is 0.241. The van der Waals surface area contributed by atoms with Gasteiger partial charge in [0.1, 0.15) is 23.1 Å². The summed E-state index contributed by atoms with van der Waals surface area (Å²) in [7, 11) is -4.72. The van der Waals surface area contributed by atoms with E-state index >= 15 is 0 Å². The van der Waals surface area contributed by atoms with Crippen molar-refractivity contribution in [2.75, 3.05) is 0 Å². The monoisotopic (exact) mass is 463 g/mol. The Morgan fingerprint density at radius 2 is 1.78 bits per heavy atom. The Bertz CT molecular complexity index is 1260. The molecular weight excluding hydrogens is 445 g/mol. The minimum atomic E-state index is -4.72. The number of fused-ring (bicyclic) bond motifs is 1. The molecule has 0 saturated carbocycles. The molecule has 12 heteroatoms. The summed E-state index contributed by atoms with van der Waals surface area (Å²) in [6.07, 6.45) is -0.408. The second-order valence-electron chi connectivity index (χ2n) is 6.84. The standard InChI is InChI=1S/C20H18NO10P/c22-13-3-6-15-12(9-19(24)30-17(15)10-13)8-18(23)21-16(20(25)26)7-11-1-4-14(5-2-11)31-32(27,28)29/h1-6,9-10,16,22H,7-8H2,(H,21,23)(H,25,26)(H2,27,28,29)/t16-/m0/s1. The molecule has 32 heavy (non-hydrogen) atoms. The maximum Gasteiger partial charge on any atom is 0.524 e. The van der Waals surface area contributed by atoms with Crippen LogP contribution >= 0.6 is 7.82 Å². The van der Waals surface area contributed by atoms with Gasteiger partial charge in [0, 0.05) is 23.9 Å². The number of phosphoric ester groups is 1. The zero-order valence-corrected chi connectivity index (χ0v) is 17.2. The molecule has 0 spiro atoms. The van der Waals surface area contributed by atoms with Gasteiger partial charge >= 0.3 is 19.4 Å². The van der Waals surface area contributed by atoms with Crippen LogP contribution in [0.15, 0.2) is 57.7 Å². The van der Waals surface area contributed by atoms with E-state index in [1.54, 1.807) is 0 Å². The lowest BCUT2D eigenvalue weighted by molar-refractivity contribution is -0.141. The van der Waals surface area contributed by atoms with Gasteiger partial charge in [0.15, 0.2) is 0 Å². The lowest BCUT2D eigenvalue weighted by Crippen LogP contribution is -2.43. The molecule has 0 bridgehead atoms. The lowest BCUT2D eigenvalue weighted by atomic mass is 10.0. The van der Waals surface area contributed by atoms with Crippen LogP contribution < -0.4 is 15.5 Å². The summed E-state index contributed by atoms with van der Waals surface area (Å²) in [6, 6.07) is 9.25. The number of phenolic OH excluding ortho intramolecular Hbond substituents is 1. The second kappa shape index (κ2) is 9.23. The van der Waals surface area contributed by atoms with Crippen LogP contribution in [0.25, 0.3) is 11.0 Å². The topological polar surface area (TPSA) is 184 Å². The number of hydrogen-bond acceptors (Lipinski definition) is 7. The average molecular weight is 463 g/mol. The van der Waals surface area contributed by atoms with Gasteiger partial charge in [0.25, 0.3) is 0 Å². The van der Waals surface area contributed by atoms with Crippen LogP contribution in [0.2, 0.25) is 0 Å². The van der Waals surface area contributed by atoms with E-state index in [1.165, 1.54) is 42.5 Å². The summed E-state index contributed by atoms with van der Waals surface area (Å²) in [5, 5.41) is 21.8. The molecule has 0 unspecified atom stereocenters. The fourth-order valence-electron chi connectivity index (χ4n) is 3.04. The molecule has 0 radical (unpaired) electrons. The molecule has 1 atom stereocenters. The number of amides is 1. The van der Waals surface area contributed by atoms with Crippen molar-refractivity contribution in [3.8, 4) is 11.5 Å². The van der Waals surface area contributed by atoms with Crippen molar-refractivity contribution in [1.29, 1.82) is 0 Å². The molecule has 1 heterocycles. The number of hydrogen-bond donors (Lipinski definition) is 5. The third-order valence-electron chi connectivity index (χ3n) is 4.39. The number of aromatic hydroxyl groups is 1. The molecule has 1 aromatic heterocycles. The Hall–Kier alpha value is -3.66. The number of rotatable bonds is 8. The van der Waals surface area contributed by atoms with E-state index in [1.807, 2.05) is 0 Å². The van der Waals surface area contributed by atoms with Crippen LogP contribution in [0.4, 0.5) is 0 Å². The zero-order valence-electron chi connectivity index (χ0n) is 16.3. The van der Waals surface area contributed by atoms with Crippen LogP contribution in [0.5, 0.6) is 11.5 Å². The summed E-state index contributed by atoms with van der Waals surface area (Å²) in [5.74, 6) is -2.17. The molecule has 2 aromatic carbocycles. The molecule has 1 amide bonds. The molecular formula is C20H18NO10P. The molecule has 0 aliphatic heterocycles. The molecule has 3 aromatic rings. The highest BCUT2D eigenvalue weighted by Crippen LogP contribution is 2.37. The van der Waals surface area contributed by atoms with Gasteiger partial charge in [-0.1, -0.05) is 12.1 Å². The Morgan fingerprint density at radius 3 is 2.41 bits per heavy atom. The number of phosphoric acid groups is 1. The van der Waals surface area contributed by atoms with Gasteiger partial charge in [0.2, 0.25) is 5.91 Å². The van der Waals surface area contributed by atoms with Crippen LogP contribution in [-0.4, -0.2) is 37.9 Å². The number of carbonyl (C=O) groups excluding carboxylic acids is 1. The number of aliphatic carboxylic acids is 1. The van der Waals surface area contributed by atoms with Crippen LogP contribution in [0.1, 0.15) is 11.1 Å². The molecule has 0 fully saturated rings. The third-order valence-corrected chi connectivity index (χ3v) is 4.83. The molecule has 0 aliphatic rings. The van der Waals surface area contributed by atoms with Crippen LogP contribution in [0.3, 0.4) is 0 Å². The molecule has 11 nitrogen and oxygen atoms in total. The van der Waals surface area contributed by atoms with Gasteiger partial charge in [-0.3, -0.25) is 14.6 Å². The maximum atomic E-state index is 12.5. The SMILES string of the molecule is O=C(Cc1cc(=O)oc2cc(O)ccc12)N[C@@H](Cc1ccc(OP(=O)(O)O)cc1)C(=O)O. The highest BCUT2D eigenvalue weighted by atomic mass is 31.2. The summed E-state index contributed by atoms with van der Waals surface area (Å²) < 4.78 is 20.3. The smallest absolute Gasteiger partial charge is 0.508 e. The van der Waals surface area contributed by atoms with E-state index in [0.29, 0.717) is 16.5 Å². The number of benzene rings is 2. The normalized spacial score (nSPS) is 12.3. The van der Waals surface area contributed by atoms with E-state index in [4.69, 9.17) is 14.2 Å². The van der Waals surface area contributed by atoms with Gasteiger partial charge in [-0.2, -0.15) is 0 Å². The number of carboxylic acids is 1. The molecule has 0 aliphatic carbocycles. The van der Waals surface area contributed by atoms with Gasteiger partial charge in [0.05, 0.1) is 6.42 Å². The first-order valence-electron chi connectivity index (χ1n) is 9.12. The number of nitrogens with one attached hydrogen (secondary N) is 1. The van der Waals surface area contributed by atoms with Crippen molar-refractivity contribution < 1.29 is 43.1 Å². The van der Waals surface area contributed by atoms with E-state index < -0.39 is 31.4 Å². The number of phenols is 1. The highest BCUT2D eigenvalue weighted by Gasteiger charge is 2.22. The second-order valence-corrected chi connectivity index (χ2v) is 8.00. The predicted molar refractivity (Wildman–Crippen MR) is 110 cm³/mol. The predicted octanol–water partition coefficient (Wildman–Crippen LogP) is 1.32. The largest absolute Gasteiger partial charge is 0.524 e. The number of carboxylic acid groups (broad SMARTS) is 1. The minimum Gasteiger partial charge on any atom is -0.508 e. The summed E-state index contributed by atoms with van der Waals surface area (Å²) in [5.41, 5.74) is 0.139. The maximum absolute atomic E-state index is 12.5. The first-order chi connectivity index (χ1) is 15.0. The molecule has 168 valence electrons. The number of carbonyl (C=O) groups is 2. The van der Waals surface area contributed by atoms with Gasteiger partial charge < -0.3 is 24.5 Å². The van der Waals surface area contributed by atoms with E-state index in [2.05, 4.69) is 9.84 Å². The molecule has 0 saturated heterocycles. The van der Waals surface area contributed by atoms with Crippen molar-refractivity contribution in [2.24, 2.45) is 0 Å². The lowest BCUT2D eigenvalue weighted by Gasteiger charge is -2.15. The van der Waals surface area contributed by atoms with Gasteiger partial charge in [-0.05, 0) is 35.4 Å². The third kappa shape index (κ3) is 6.17. The Morgan fingerprint density at radius 1 is 1.09 bits per heavy atom. The summed E-state index contributed by atoms with van der Waals surface area (Å²) in [6.45, 7) is 0. The van der Waals surface area contributed by atoms with Crippen molar-refractivity contribution in [2.45, 2.75) is 18.9 Å². The average Bonchev–Trinajstić information content (AvgIpc) is 2.67. The summed E-state index contributed by atoms with van der Waals surface area (Å²) >= 11 is 0. The van der Waals surface area contributed by atoms with Crippen molar-refractivity contribution in [3.05, 3.63) is 70.1 Å². The van der Waals surface area contributed by atoms with Crippen molar-refractivity contribution in [3.63, 3.8) is 0 Å². The Balaban J connectivity index is 1.72. The van der Waals surface area contributed by atoms with E-state index in [9.17, 15) is 29.2 Å². The van der Waals surface area contributed by atoms with E-state index in [-0.39, 0.29) is 29.9 Å². The van der Waals surface area contributed by atoms with Crippen molar-refractivity contribution in [1.82, 2.24) is 5.32 Å². The van der Waals surface area contributed by atoms with Gasteiger partial charge in [-0.25, -0.2) is 14.2 Å². The Kier molecular flexibility index (Phi) is 6.64. The highest BCUT2D eigenvalue weighted by molar-refractivity contribution is 7.46. The van der Waals surface area contributed by atoms with Gasteiger partial charge in [-0.15, -0.1) is 0 Å². The minimum absolute atomic E-state index is 0.0905. The first-order valence-corrected chi connectivity index (χ1v) is 10.7. The van der Waals surface area contributed by atoms with Crippen molar-refractivity contribution >= 4 is 30.7 Å². The Labute approximate surface area is 180 Å².